The molecule has 0 aliphatic heterocycles. The lowest BCUT2D eigenvalue weighted by molar-refractivity contribution is 0.0737. The van der Waals surface area contributed by atoms with Crippen LogP contribution in [0.1, 0.15) is 10.4 Å². The van der Waals surface area contributed by atoms with Gasteiger partial charge >= 0.3 is 5.97 Å². The van der Waals surface area contributed by atoms with Gasteiger partial charge in [0.15, 0.2) is 0 Å². The number of halogens is 1. The zero-order valence-electron chi connectivity index (χ0n) is 14.1. The first-order chi connectivity index (χ1) is 12.3. The molecule has 7 heteroatoms. The minimum Gasteiger partial charge on any atom is -0.422 e. The predicted octanol–water partition coefficient (Wildman–Crippen LogP) is 3.96. The van der Waals surface area contributed by atoms with E-state index in [9.17, 15) is 13.2 Å². The van der Waals surface area contributed by atoms with Crippen LogP contribution in [0.15, 0.2) is 65.6 Å². The molecule has 0 radical (unpaired) electrons. The Labute approximate surface area is 156 Å². The molecule has 0 amide bonds. The monoisotopic (exact) mass is 389 g/mol. The summed E-state index contributed by atoms with van der Waals surface area (Å²) in [6, 6.07) is 16.3. The van der Waals surface area contributed by atoms with Crippen LogP contribution in [0.5, 0.6) is 5.75 Å². The summed E-state index contributed by atoms with van der Waals surface area (Å²) in [4.78, 5) is 12.5. The summed E-state index contributed by atoms with van der Waals surface area (Å²) in [6.45, 7) is 0. The Morgan fingerprint density at radius 2 is 1.54 bits per heavy atom. The van der Waals surface area contributed by atoms with Crippen LogP contribution in [0.25, 0.3) is 10.8 Å². The molecular weight excluding hydrogens is 374 g/mol. The molecule has 0 atom stereocenters. The molecule has 0 spiro atoms. The number of sulfonamides is 1. The summed E-state index contributed by atoms with van der Waals surface area (Å²) in [6.07, 6.45) is 0. The third kappa shape index (κ3) is 3.44. The van der Waals surface area contributed by atoms with Crippen molar-refractivity contribution in [3.05, 3.63) is 71.2 Å². The summed E-state index contributed by atoms with van der Waals surface area (Å²) < 4.78 is 30.8. The van der Waals surface area contributed by atoms with Crippen molar-refractivity contribution < 1.29 is 17.9 Å². The molecule has 3 aromatic carbocycles. The number of hydrogen-bond donors (Lipinski definition) is 0. The molecule has 26 heavy (non-hydrogen) atoms. The Morgan fingerprint density at radius 1 is 0.923 bits per heavy atom. The first kappa shape index (κ1) is 18.4. The van der Waals surface area contributed by atoms with Gasteiger partial charge in [-0.05, 0) is 36.4 Å². The molecule has 0 saturated carbocycles. The number of hydrogen-bond acceptors (Lipinski definition) is 4. The largest absolute Gasteiger partial charge is 0.422 e. The third-order valence-electron chi connectivity index (χ3n) is 3.90. The Balaban J connectivity index is 1.89. The Kier molecular flexibility index (Phi) is 5.00. The highest BCUT2D eigenvalue weighted by Gasteiger charge is 2.18. The standard InChI is InChI=1S/C19H16ClNO4S/c1-21(2)26(23,24)14-9-7-13(8-10-14)19(22)25-18-12-11-17(20)15-5-3-4-6-16(15)18/h3-12H,1-2H3. The summed E-state index contributed by atoms with van der Waals surface area (Å²) >= 11 is 6.17. The molecule has 134 valence electrons. The normalized spacial score (nSPS) is 11.7. The van der Waals surface area contributed by atoms with E-state index >= 15 is 0 Å². The highest BCUT2D eigenvalue weighted by atomic mass is 35.5. The number of carbonyl (C=O) groups excluding carboxylic acids is 1. The van der Waals surface area contributed by atoms with Crippen LogP contribution in [0, 0.1) is 0 Å². The van der Waals surface area contributed by atoms with Gasteiger partial charge in [0.1, 0.15) is 5.75 Å². The Bertz CT molecular complexity index is 1080. The zero-order valence-corrected chi connectivity index (χ0v) is 15.7. The van der Waals surface area contributed by atoms with Gasteiger partial charge in [0.05, 0.1) is 10.5 Å². The molecule has 0 bridgehead atoms. The summed E-state index contributed by atoms with van der Waals surface area (Å²) in [5.41, 5.74) is 0.252. The maximum absolute atomic E-state index is 12.4. The van der Waals surface area contributed by atoms with Crippen molar-refractivity contribution in [3.8, 4) is 5.75 Å². The van der Waals surface area contributed by atoms with Gasteiger partial charge in [-0.3, -0.25) is 0 Å². The molecule has 0 aromatic heterocycles. The molecule has 0 saturated heterocycles. The van der Waals surface area contributed by atoms with Crippen LogP contribution in [0.4, 0.5) is 0 Å². The Hall–Kier alpha value is -2.41. The summed E-state index contributed by atoms with van der Waals surface area (Å²) in [5, 5.41) is 2.07. The third-order valence-corrected chi connectivity index (χ3v) is 6.06. The van der Waals surface area contributed by atoms with Crippen molar-refractivity contribution in [2.24, 2.45) is 0 Å². The number of carbonyl (C=O) groups is 1. The van der Waals surface area contributed by atoms with Crippen LogP contribution < -0.4 is 4.74 Å². The molecule has 5 nitrogen and oxygen atoms in total. The van der Waals surface area contributed by atoms with Gasteiger partial charge in [-0.25, -0.2) is 17.5 Å². The Morgan fingerprint density at radius 3 is 2.15 bits per heavy atom. The molecule has 0 unspecified atom stereocenters. The second-order valence-electron chi connectivity index (χ2n) is 5.79. The van der Waals surface area contributed by atoms with Gasteiger partial charge in [0.25, 0.3) is 0 Å². The molecule has 3 aromatic rings. The van der Waals surface area contributed by atoms with Crippen LogP contribution in [-0.2, 0) is 10.0 Å². The number of rotatable bonds is 4. The van der Waals surface area contributed by atoms with Gasteiger partial charge < -0.3 is 4.74 Å². The predicted molar refractivity (Wildman–Crippen MR) is 101 cm³/mol. The lowest BCUT2D eigenvalue weighted by Gasteiger charge is -2.12. The SMILES string of the molecule is CN(C)S(=O)(=O)c1ccc(C(=O)Oc2ccc(Cl)c3ccccc23)cc1. The van der Waals surface area contributed by atoms with E-state index in [-0.39, 0.29) is 10.5 Å². The molecule has 0 aliphatic carbocycles. The fourth-order valence-corrected chi connectivity index (χ4v) is 3.59. The fourth-order valence-electron chi connectivity index (χ4n) is 2.46. The van der Waals surface area contributed by atoms with E-state index in [4.69, 9.17) is 16.3 Å². The highest BCUT2D eigenvalue weighted by molar-refractivity contribution is 7.89. The lowest BCUT2D eigenvalue weighted by Crippen LogP contribution is -2.22. The van der Waals surface area contributed by atoms with Crippen LogP contribution in [-0.4, -0.2) is 32.8 Å². The van der Waals surface area contributed by atoms with E-state index in [2.05, 4.69) is 0 Å². The zero-order chi connectivity index (χ0) is 18.9. The molecule has 3 rings (SSSR count). The van der Waals surface area contributed by atoms with Gasteiger partial charge in [0, 0.05) is 29.9 Å². The minimum absolute atomic E-state index is 0.107. The first-order valence-corrected chi connectivity index (χ1v) is 9.54. The van der Waals surface area contributed by atoms with Gasteiger partial charge in [0.2, 0.25) is 10.0 Å². The number of ether oxygens (including phenoxy) is 1. The molecule has 0 aliphatic rings. The van der Waals surface area contributed by atoms with Crippen LogP contribution in [0.3, 0.4) is 0 Å². The van der Waals surface area contributed by atoms with Crippen molar-refractivity contribution in [1.29, 1.82) is 0 Å². The number of esters is 1. The quantitative estimate of drug-likeness (QED) is 0.500. The van der Waals surface area contributed by atoms with Crippen molar-refractivity contribution >= 4 is 38.4 Å². The van der Waals surface area contributed by atoms with Gasteiger partial charge in [-0.15, -0.1) is 0 Å². The maximum Gasteiger partial charge on any atom is 0.343 e. The van der Waals surface area contributed by atoms with Crippen molar-refractivity contribution in [3.63, 3.8) is 0 Å². The van der Waals surface area contributed by atoms with E-state index in [0.29, 0.717) is 10.8 Å². The van der Waals surface area contributed by atoms with Crippen molar-refractivity contribution in [2.45, 2.75) is 4.90 Å². The van der Waals surface area contributed by atoms with E-state index in [1.54, 1.807) is 12.1 Å². The average Bonchev–Trinajstić information content (AvgIpc) is 2.64. The van der Waals surface area contributed by atoms with E-state index in [1.165, 1.54) is 38.4 Å². The summed E-state index contributed by atoms with van der Waals surface area (Å²) in [7, 11) is -0.650. The molecular formula is C19H16ClNO4S. The lowest BCUT2D eigenvalue weighted by atomic mass is 10.1. The topological polar surface area (TPSA) is 63.7 Å². The van der Waals surface area contributed by atoms with E-state index in [1.807, 2.05) is 24.3 Å². The molecule has 0 heterocycles. The summed E-state index contributed by atoms with van der Waals surface area (Å²) in [5.74, 6) is -0.189. The molecule has 0 N–H and O–H groups in total. The number of fused-ring (bicyclic) bond motifs is 1. The molecule has 0 fully saturated rings. The maximum atomic E-state index is 12.4. The first-order valence-electron chi connectivity index (χ1n) is 7.73. The average molecular weight is 390 g/mol. The number of benzene rings is 3. The van der Waals surface area contributed by atoms with Gasteiger partial charge in [-0.2, -0.15) is 0 Å². The van der Waals surface area contributed by atoms with Crippen LogP contribution in [0.2, 0.25) is 5.02 Å². The smallest absolute Gasteiger partial charge is 0.343 e. The van der Waals surface area contributed by atoms with Crippen molar-refractivity contribution in [1.82, 2.24) is 4.31 Å². The van der Waals surface area contributed by atoms with Gasteiger partial charge in [-0.1, -0.05) is 35.9 Å². The minimum atomic E-state index is -3.55. The van der Waals surface area contributed by atoms with E-state index in [0.717, 1.165) is 15.1 Å². The second-order valence-corrected chi connectivity index (χ2v) is 8.35. The highest BCUT2D eigenvalue weighted by Crippen LogP contribution is 2.31. The van der Waals surface area contributed by atoms with Crippen LogP contribution >= 0.6 is 11.6 Å². The van der Waals surface area contributed by atoms with E-state index < -0.39 is 16.0 Å². The number of nitrogens with zero attached hydrogens (tertiary/aromatic N) is 1. The second kappa shape index (κ2) is 7.07. The fraction of sp³-hybridized carbons (Fsp3) is 0.105. The van der Waals surface area contributed by atoms with Crippen molar-refractivity contribution in [2.75, 3.05) is 14.1 Å².